The molecule has 0 amide bonds. The number of benzene rings is 2. The minimum absolute atomic E-state index is 0.315. The van der Waals surface area contributed by atoms with Gasteiger partial charge in [0.2, 0.25) is 0 Å². The van der Waals surface area contributed by atoms with Gasteiger partial charge in [0.15, 0.2) is 0 Å². The van der Waals surface area contributed by atoms with E-state index in [1.807, 2.05) is 30.3 Å². The predicted octanol–water partition coefficient (Wildman–Crippen LogP) is 3.47. The molecule has 2 aromatic carbocycles. The number of hydrogen-bond donors (Lipinski definition) is 1. The van der Waals surface area contributed by atoms with Crippen molar-refractivity contribution in [1.29, 1.82) is 0 Å². The van der Waals surface area contributed by atoms with Crippen LogP contribution >= 0.6 is 0 Å². The first-order valence-corrected chi connectivity index (χ1v) is 6.17. The maximum atomic E-state index is 11.1. The van der Waals surface area contributed by atoms with Crippen LogP contribution in [0.5, 0.6) is 0 Å². The third-order valence-corrected chi connectivity index (χ3v) is 3.63. The summed E-state index contributed by atoms with van der Waals surface area (Å²) >= 11 is 0. The molecule has 0 radical (unpaired) electrons. The number of aryl methyl sites for hydroxylation is 1. The van der Waals surface area contributed by atoms with Gasteiger partial charge < -0.3 is 5.11 Å². The van der Waals surface area contributed by atoms with Crippen molar-refractivity contribution in [2.24, 2.45) is 0 Å². The Kier molecular flexibility index (Phi) is 2.63. The second kappa shape index (κ2) is 4.30. The van der Waals surface area contributed by atoms with Gasteiger partial charge in [0.25, 0.3) is 0 Å². The Balaban J connectivity index is 2.01. The van der Waals surface area contributed by atoms with Gasteiger partial charge in [-0.15, -0.1) is 0 Å². The topological polar surface area (TPSA) is 37.3 Å². The molecule has 0 spiro atoms. The molecule has 18 heavy (non-hydrogen) atoms. The molecule has 2 heteroatoms. The Labute approximate surface area is 106 Å². The number of carbonyl (C=O) groups is 1. The standard InChI is InChI=1S/C16H14O2/c17-16(18)15-9-7-13-10-12(6-8-14(13)15)11-4-2-1-3-5-11/h1-6,8,10,15H,7,9H2,(H,17,18)/t15-/m1/s1. The Morgan fingerprint density at radius 3 is 2.56 bits per heavy atom. The van der Waals surface area contributed by atoms with E-state index in [4.69, 9.17) is 5.11 Å². The summed E-state index contributed by atoms with van der Waals surface area (Å²) < 4.78 is 0. The molecule has 0 aliphatic heterocycles. The van der Waals surface area contributed by atoms with E-state index >= 15 is 0 Å². The highest BCUT2D eigenvalue weighted by atomic mass is 16.4. The van der Waals surface area contributed by atoms with E-state index in [9.17, 15) is 4.79 Å². The fraction of sp³-hybridized carbons (Fsp3) is 0.188. The molecule has 2 aromatic rings. The average Bonchev–Trinajstić information content (AvgIpc) is 2.82. The Morgan fingerprint density at radius 1 is 1.06 bits per heavy atom. The van der Waals surface area contributed by atoms with E-state index in [-0.39, 0.29) is 5.92 Å². The van der Waals surface area contributed by atoms with Gasteiger partial charge >= 0.3 is 5.97 Å². The molecule has 0 unspecified atom stereocenters. The monoisotopic (exact) mass is 238 g/mol. The molecule has 1 atom stereocenters. The van der Waals surface area contributed by atoms with Gasteiger partial charge in [-0.05, 0) is 35.1 Å². The Morgan fingerprint density at radius 2 is 1.83 bits per heavy atom. The summed E-state index contributed by atoms with van der Waals surface area (Å²) in [6.07, 6.45) is 1.59. The molecule has 0 bridgehead atoms. The lowest BCUT2D eigenvalue weighted by Crippen LogP contribution is -2.07. The highest BCUT2D eigenvalue weighted by Gasteiger charge is 2.28. The van der Waals surface area contributed by atoms with E-state index < -0.39 is 5.97 Å². The van der Waals surface area contributed by atoms with Crippen molar-refractivity contribution in [3.05, 3.63) is 59.7 Å². The Hall–Kier alpha value is -2.09. The number of aliphatic carboxylic acids is 1. The van der Waals surface area contributed by atoms with Crippen LogP contribution in [0.1, 0.15) is 23.5 Å². The summed E-state index contributed by atoms with van der Waals surface area (Å²) in [7, 11) is 0. The molecule has 3 rings (SSSR count). The molecule has 1 aliphatic rings. The first kappa shape index (κ1) is 11.0. The first-order valence-electron chi connectivity index (χ1n) is 6.17. The summed E-state index contributed by atoms with van der Waals surface area (Å²) in [5.74, 6) is -1.02. The van der Waals surface area contributed by atoms with Gasteiger partial charge in [-0.3, -0.25) is 4.79 Å². The van der Waals surface area contributed by atoms with Crippen LogP contribution in [0.4, 0.5) is 0 Å². The number of carboxylic acid groups (broad SMARTS) is 1. The number of hydrogen-bond acceptors (Lipinski definition) is 1. The van der Waals surface area contributed by atoms with Crippen LogP contribution in [0, 0.1) is 0 Å². The van der Waals surface area contributed by atoms with E-state index in [0.717, 1.165) is 18.4 Å². The zero-order valence-electron chi connectivity index (χ0n) is 9.97. The van der Waals surface area contributed by atoms with Crippen molar-refractivity contribution in [3.8, 4) is 11.1 Å². The van der Waals surface area contributed by atoms with Gasteiger partial charge in [-0.25, -0.2) is 0 Å². The van der Waals surface area contributed by atoms with Crippen molar-refractivity contribution >= 4 is 5.97 Å². The molecular weight excluding hydrogens is 224 g/mol. The van der Waals surface area contributed by atoms with Gasteiger partial charge in [-0.2, -0.15) is 0 Å². The van der Waals surface area contributed by atoms with Gasteiger partial charge in [-0.1, -0.05) is 48.5 Å². The summed E-state index contributed by atoms with van der Waals surface area (Å²) in [5, 5.41) is 9.15. The average molecular weight is 238 g/mol. The number of carboxylic acids is 1. The fourth-order valence-corrected chi connectivity index (χ4v) is 2.68. The third kappa shape index (κ3) is 1.80. The first-order chi connectivity index (χ1) is 8.75. The zero-order valence-corrected chi connectivity index (χ0v) is 9.97. The van der Waals surface area contributed by atoms with E-state index in [2.05, 4.69) is 18.2 Å². The normalized spacial score (nSPS) is 17.4. The van der Waals surface area contributed by atoms with E-state index in [1.165, 1.54) is 16.7 Å². The van der Waals surface area contributed by atoms with Gasteiger partial charge in [0.05, 0.1) is 5.92 Å². The Bertz CT molecular complexity index is 587. The molecule has 1 N–H and O–H groups in total. The largest absolute Gasteiger partial charge is 0.481 e. The molecule has 1 aliphatic carbocycles. The molecule has 0 fully saturated rings. The smallest absolute Gasteiger partial charge is 0.310 e. The van der Waals surface area contributed by atoms with Crippen molar-refractivity contribution in [2.45, 2.75) is 18.8 Å². The predicted molar refractivity (Wildman–Crippen MR) is 70.6 cm³/mol. The summed E-state index contributed by atoms with van der Waals surface area (Å²) in [5.41, 5.74) is 4.52. The van der Waals surface area contributed by atoms with E-state index in [1.54, 1.807) is 0 Å². The second-order valence-corrected chi connectivity index (χ2v) is 4.71. The highest BCUT2D eigenvalue weighted by molar-refractivity contribution is 5.79. The molecular formula is C16H14O2. The molecule has 90 valence electrons. The highest BCUT2D eigenvalue weighted by Crippen LogP contribution is 2.35. The zero-order chi connectivity index (χ0) is 12.5. The SMILES string of the molecule is O=C(O)[C@@H]1CCc2cc(-c3ccccc3)ccc21. The van der Waals surface area contributed by atoms with Crippen molar-refractivity contribution in [3.63, 3.8) is 0 Å². The number of rotatable bonds is 2. The quantitative estimate of drug-likeness (QED) is 0.869. The van der Waals surface area contributed by atoms with Crippen molar-refractivity contribution in [2.75, 3.05) is 0 Å². The molecule has 2 nitrogen and oxygen atoms in total. The maximum absolute atomic E-state index is 11.1. The van der Waals surface area contributed by atoms with Crippen LogP contribution in [0.25, 0.3) is 11.1 Å². The van der Waals surface area contributed by atoms with Crippen LogP contribution < -0.4 is 0 Å². The van der Waals surface area contributed by atoms with Gasteiger partial charge in [0, 0.05) is 0 Å². The minimum atomic E-state index is -0.707. The lowest BCUT2D eigenvalue weighted by Gasteiger charge is -2.08. The van der Waals surface area contributed by atoms with E-state index in [0.29, 0.717) is 0 Å². The van der Waals surface area contributed by atoms with Crippen LogP contribution in [-0.2, 0) is 11.2 Å². The van der Waals surface area contributed by atoms with Crippen molar-refractivity contribution < 1.29 is 9.90 Å². The third-order valence-electron chi connectivity index (χ3n) is 3.63. The summed E-state index contributed by atoms with van der Waals surface area (Å²) in [6, 6.07) is 16.3. The molecule has 0 saturated carbocycles. The minimum Gasteiger partial charge on any atom is -0.481 e. The van der Waals surface area contributed by atoms with Crippen LogP contribution in [-0.4, -0.2) is 11.1 Å². The van der Waals surface area contributed by atoms with Crippen molar-refractivity contribution in [1.82, 2.24) is 0 Å². The maximum Gasteiger partial charge on any atom is 0.310 e. The second-order valence-electron chi connectivity index (χ2n) is 4.71. The van der Waals surface area contributed by atoms with Crippen LogP contribution in [0.3, 0.4) is 0 Å². The summed E-state index contributed by atoms with van der Waals surface area (Å²) in [4.78, 5) is 11.1. The van der Waals surface area contributed by atoms with Crippen LogP contribution in [0.2, 0.25) is 0 Å². The van der Waals surface area contributed by atoms with Gasteiger partial charge in [0.1, 0.15) is 0 Å². The van der Waals surface area contributed by atoms with Crippen LogP contribution in [0.15, 0.2) is 48.5 Å². The lowest BCUT2D eigenvalue weighted by molar-refractivity contribution is -0.138. The number of fused-ring (bicyclic) bond motifs is 1. The molecule has 0 saturated heterocycles. The summed E-state index contributed by atoms with van der Waals surface area (Å²) in [6.45, 7) is 0. The molecule has 0 heterocycles. The fourth-order valence-electron chi connectivity index (χ4n) is 2.68. The lowest BCUT2D eigenvalue weighted by atomic mass is 9.97. The molecule has 0 aromatic heterocycles.